The summed E-state index contributed by atoms with van der Waals surface area (Å²) in [6, 6.07) is 57.3. The van der Waals surface area contributed by atoms with Gasteiger partial charge in [-0.3, -0.25) is 0 Å². The monoisotopic (exact) mass is 577 g/mol. The fourth-order valence-corrected chi connectivity index (χ4v) is 6.58. The van der Waals surface area contributed by atoms with Crippen LogP contribution in [0.3, 0.4) is 0 Å². The first-order valence-electron chi connectivity index (χ1n) is 15.1. The van der Waals surface area contributed by atoms with Crippen LogP contribution >= 0.6 is 0 Å². The summed E-state index contributed by atoms with van der Waals surface area (Å²) in [6.45, 7) is 0. The molecule has 0 unspecified atom stereocenters. The summed E-state index contributed by atoms with van der Waals surface area (Å²) in [5, 5.41) is 4.57. The molecule has 0 bridgehead atoms. The van der Waals surface area contributed by atoms with Crippen LogP contribution in [0.5, 0.6) is 0 Å². The Bertz CT molecular complexity index is 2480. The van der Waals surface area contributed by atoms with Gasteiger partial charge in [0.2, 0.25) is 5.89 Å². The maximum absolute atomic E-state index is 6.44. The van der Waals surface area contributed by atoms with Crippen molar-refractivity contribution in [3.63, 3.8) is 0 Å². The molecule has 9 aromatic rings. The third kappa shape index (κ3) is 4.11. The molecule has 0 saturated carbocycles. The second-order valence-corrected chi connectivity index (χ2v) is 11.2. The lowest BCUT2D eigenvalue weighted by Gasteiger charge is -2.27. The molecule has 0 N–H and O–H groups in total. The minimum atomic E-state index is 0.618. The molecule has 0 spiro atoms. The molecule has 4 heteroatoms. The van der Waals surface area contributed by atoms with Crippen LogP contribution in [-0.4, -0.2) is 9.55 Å². The van der Waals surface area contributed by atoms with Crippen LogP contribution in [0, 0.1) is 0 Å². The highest BCUT2D eigenvalue weighted by atomic mass is 16.3. The summed E-state index contributed by atoms with van der Waals surface area (Å²) in [7, 11) is 0. The van der Waals surface area contributed by atoms with E-state index in [9.17, 15) is 0 Å². The normalized spacial score (nSPS) is 11.6. The molecule has 0 fully saturated rings. The standard InChI is InChI=1S/C41H27N3O/c1-4-14-28(15-5-1)41-42-36-27-39(33-21-10-11-22-35(33)40(36)45-41)43(29-16-6-2-7-17-29)31-24-25-34-32-20-12-13-23-37(32)44(38(34)26-31)30-18-8-3-9-19-30/h1-27H. The SMILES string of the molecule is c1ccc(-c2nc3cc(N(c4ccccc4)c4ccc5c6ccccc6n(-c6ccccc6)c5c4)c4ccccc4c3o2)cc1. The van der Waals surface area contributed by atoms with Gasteiger partial charge in [0.25, 0.3) is 0 Å². The lowest BCUT2D eigenvalue weighted by molar-refractivity contribution is 0.623. The molecule has 0 atom stereocenters. The molecular weight excluding hydrogens is 550 g/mol. The molecule has 0 aliphatic heterocycles. The first-order chi connectivity index (χ1) is 22.3. The fourth-order valence-electron chi connectivity index (χ4n) is 6.58. The number of nitrogens with zero attached hydrogens (tertiary/aromatic N) is 3. The van der Waals surface area contributed by atoms with Crippen molar-refractivity contribution in [2.45, 2.75) is 0 Å². The molecule has 0 amide bonds. The Labute approximate surface area is 260 Å². The number of rotatable bonds is 5. The number of hydrogen-bond acceptors (Lipinski definition) is 3. The molecule has 0 aliphatic rings. The minimum Gasteiger partial charge on any atom is -0.435 e. The summed E-state index contributed by atoms with van der Waals surface area (Å²) >= 11 is 0. The number of hydrogen-bond donors (Lipinski definition) is 0. The number of oxazole rings is 1. The number of aromatic nitrogens is 2. The zero-order valence-electron chi connectivity index (χ0n) is 24.3. The quantitative estimate of drug-likeness (QED) is 0.204. The van der Waals surface area contributed by atoms with E-state index in [4.69, 9.17) is 9.40 Å². The molecule has 4 nitrogen and oxygen atoms in total. The number of para-hydroxylation sites is 3. The zero-order valence-corrected chi connectivity index (χ0v) is 24.3. The van der Waals surface area contributed by atoms with E-state index >= 15 is 0 Å². The molecule has 2 aromatic heterocycles. The fraction of sp³-hybridized carbons (Fsp3) is 0. The first kappa shape index (κ1) is 25.4. The maximum atomic E-state index is 6.44. The van der Waals surface area contributed by atoms with E-state index < -0.39 is 0 Å². The van der Waals surface area contributed by atoms with Crippen LogP contribution < -0.4 is 4.90 Å². The highest BCUT2D eigenvalue weighted by Gasteiger charge is 2.22. The average Bonchev–Trinajstić information content (AvgIpc) is 3.69. The van der Waals surface area contributed by atoms with Crippen LogP contribution in [0.4, 0.5) is 17.1 Å². The van der Waals surface area contributed by atoms with Gasteiger partial charge in [0.15, 0.2) is 5.58 Å². The van der Waals surface area contributed by atoms with Crippen molar-refractivity contribution in [2.24, 2.45) is 0 Å². The highest BCUT2D eigenvalue weighted by Crippen LogP contribution is 2.44. The summed E-state index contributed by atoms with van der Waals surface area (Å²) in [5.74, 6) is 0.618. The topological polar surface area (TPSA) is 34.2 Å². The summed E-state index contributed by atoms with van der Waals surface area (Å²) in [4.78, 5) is 7.34. The Morgan fingerprint density at radius 2 is 1.11 bits per heavy atom. The molecule has 9 rings (SSSR count). The Morgan fingerprint density at radius 3 is 1.89 bits per heavy atom. The largest absolute Gasteiger partial charge is 0.435 e. The number of anilines is 3. The van der Waals surface area contributed by atoms with Crippen LogP contribution in [0.25, 0.3) is 60.8 Å². The Kier molecular flexibility index (Phi) is 5.78. The predicted octanol–water partition coefficient (Wildman–Crippen LogP) is 11.2. The van der Waals surface area contributed by atoms with Crippen molar-refractivity contribution < 1.29 is 4.42 Å². The number of benzene rings is 7. The molecule has 0 saturated heterocycles. The third-order valence-corrected chi connectivity index (χ3v) is 8.58. The number of fused-ring (bicyclic) bond motifs is 6. The molecule has 45 heavy (non-hydrogen) atoms. The van der Waals surface area contributed by atoms with Crippen LogP contribution in [-0.2, 0) is 0 Å². The predicted molar refractivity (Wildman–Crippen MR) is 186 cm³/mol. The van der Waals surface area contributed by atoms with Crippen molar-refractivity contribution in [1.82, 2.24) is 9.55 Å². The highest BCUT2D eigenvalue weighted by molar-refractivity contribution is 6.13. The lowest BCUT2D eigenvalue weighted by Crippen LogP contribution is -2.10. The van der Waals surface area contributed by atoms with Crippen molar-refractivity contribution in [3.8, 4) is 17.1 Å². The van der Waals surface area contributed by atoms with E-state index in [1.807, 2.05) is 30.3 Å². The van der Waals surface area contributed by atoms with Gasteiger partial charge < -0.3 is 13.9 Å². The van der Waals surface area contributed by atoms with Gasteiger partial charge in [0, 0.05) is 44.2 Å². The van der Waals surface area contributed by atoms with Crippen molar-refractivity contribution in [3.05, 3.63) is 164 Å². The summed E-state index contributed by atoms with van der Waals surface area (Å²) in [5.41, 5.74) is 9.21. The molecule has 0 radical (unpaired) electrons. The maximum Gasteiger partial charge on any atom is 0.227 e. The van der Waals surface area contributed by atoms with E-state index in [1.165, 1.54) is 16.3 Å². The van der Waals surface area contributed by atoms with Gasteiger partial charge in [0.05, 0.1) is 16.7 Å². The van der Waals surface area contributed by atoms with Crippen molar-refractivity contribution in [1.29, 1.82) is 0 Å². The van der Waals surface area contributed by atoms with Gasteiger partial charge in [-0.15, -0.1) is 0 Å². The molecule has 7 aromatic carbocycles. The van der Waals surface area contributed by atoms with Gasteiger partial charge in [-0.25, -0.2) is 4.98 Å². The Morgan fingerprint density at radius 1 is 0.489 bits per heavy atom. The molecule has 0 aliphatic carbocycles. The molecular formula is C41H27N3O. The van der Waals surface area contributed by atoms with Gasteiger partial charge in [-0.2, -0.15) is 0 Å². The summed E-state index contributed by atoms with van der Waals surface area (Å²) in [6.07, 6.45) is 0. The summed E-state index contributed by atoms with van der Waals surface area (Å²) < 4.78 is 8.80. The first-order valence-corrected chi connectivity index (χ1v) is 15.1. The average molecular weight is 578 g/mol. The van der Waals surface area contributed by atoms with Crippen molar-refractivity contribution >= 4 is 60.7 Å². The van der Waals surface area contributed by atoms with Gasteiger partial charge in [-0.1, -0.05) is 103 Å². The smallest absolute Gasteiger partial charge is 0.227 e. The van der Waals surface area contributed by atoms with E-state index in [-0.39, 0.29) is 0 Å². The Hall–Kier alpha value is -6.13. The lowest BCUT2D eigenvalue weighted by atomic mass is 10.0. The Balaban J connectivity index is 1.33. The molecule has 212 valence electrons. The van der Waals surface area contributed by atoms with E-state index in [0.717, 1.165) is 55.7 Å². The zero-order chi connectivity index (χ0) is 29.7. The van der Waals surface area contributed by atoms with Crippen LogP contribution in [0.2, 0.25) is 0 Å². The van der Waals surface area contributed by atoms with Crippen LogP contribution in [0.15, 0.2) is 168 Å². The second-order valence-electron chi connectivity index (χ2n) is 11.2. The van der Waals surface area contributed by atoms with Gasteiger partial charge >= 0.3 is 0 Å². The van der Waals surface area contributed by atoms with Crippen LogP contribution in [0.1, 0.15) is 0 Å². The second kappa shape index (κ2) is 10.2. The van der Waals surface area contributed by atoms with E-state index in [1.54, 1.807) is 0 Å². The van der Waals surface area contributed by atoms with Gasteiger partial charge in [0.1, 0.15) is 5.52 Å². The van der Waals surface area contributed by atoms with E-state index in [2.05, 4.69) is 143 Å². The van der Waals surface area contributed by atoms with E-state index in [0.29, 0.717) is 5.89 Å². The van der Waals surface area contributed by atoms with Crippen molar-refractivity contribution in [2.75, 3.05) is 4.90 Å². The van der Waals surface area contributed by atoms with Gasteiger partial charge in [-0.05, 0) is 60.7 Å². The minimum absolute atomic E-state index is 0.618. The third-order valence-electron chi connectivity index (χ3n) is 8.58. The molecule has 2 heterocycles.